The predicted molar refractivity (Wildman–Crippen MR) is 86.8 cm³/mol. The molecule has 19 heavy (non-hydrogen) atoms. The molecule has 1 heterocycles. The molecule has 3 nitrogen and oxygen atoms in total. The van der Waals surface area contributed by atoms with Gasteiger partial charge in [-0.05, 0) is 65.8 Å². The van der Waals surface area contributed by atoms with Gasteiger partial charge < -0.3 is 5.32 Å². The van der Waals surface area contributed by atoms with Gasteiger partial charge in [-0.1, -0.05) is 13.0 Å². The lowest BCUT2D eigenvalue weighted by atomic mass is 9.93. The fraction of sp³-hybridized carbons (Fsp3) is 0.333. The molecule has 0 radical (unpaired) electrons. The van der Waals surface area contributed by atoms with Gasteiger partial charge in [-0.3, -0.25) is 9.79 Å². The van der Waals surface area contributed by atoms with Crippen LogP contribution in [0, 0.1) is 3.57 Å². The summed E-state index contributed by atoms with van der Waals surface area (Å²) in [5.41, 5.74) is 0.593. The number of rotatable bonds is 5. The van der Waals surface area contributed by atoms with Crippen molar-refractivity contribution in [2.45, 2.75) is 25.3 Å². The smallest absolute Gasteiger partial charge is 0.251 e. The van der Waals surface area contributed by atoms with Gasteiger partial charge in [0.1, 0.15) is 0 Å². The molecular formula is C15H17IN2O. The van der Waals surface area contributed by atoms with Crippen LogP contribution in [0.2, 0.25) is 0 Å². The van der Waals surface area contributed by atoms with Crippen LogP contribution >= 0.6 is 22.6 Å². The van der Waals surface area contributed by atoms with E-state index in [9.17, 15) is 4.79 Å². The second-order valence-corrected chi connectivity index (χ2v) is 5.85. The number of halogens is 1. The normalized spacial score (nSPS) is 20.7. The highest BCUT2D eigenvalue weighted by Gasteiger charge is 2.25. The number of carbonyl (C=O) groups is 1. The van der Waals surface area contributed by atoms with Crippen LogP contribution in [0.15, 0.2) is 41.4 Å². The van der Waals surface area contributed by atoms with Crippen molar-refractivity contribution < 1.29 is 4.79 Å². The molecular weight excluding hydrogens is 351 g/mol. The maximum Gasteiger partial charge on any atom is 0.251 e. The first-order chi connectivity index (χ1) is 9.15. The molecule has 0 aliphatic carbocycles. The summed E-state index contributed by atoms with van der Waals surface area (Å²) in [5.74, 6) is -0.0198. The SMILES string of the molecule is CCC1(CCNC(=O)c2ccc(I)cc2)C=CC=N1. The minimum Gasteiger partial charge on any atom is -0.352 e. The van der Waals surface area contributed by atoms with E-state index in [1.54, 1.807) is 0 Å². The van der Waals surface area contributed by atoms with Crippen LogP contribution in [0.4, 0.5) is 0 Å². The van der Waals surface area contributed by atoms with Crippen LogP contribution in [-0.4, -0.2) is 24.2 Å². The lowest BCUT2D eigenvalue weighted by molar-refractivity contribution is 0.0951. The molecule has 1 unspecified atom stereocenters. The molecule has 1 atom stereocenters. The zero-order chi connectivity index (χ0) is 13.7. The third-order valence-electron chi connectivity index (χ3n) is 3.39. The van der Waals surface area contributed by atoms with Crippen molar-refractivity contribution in [2.75, 3.05) is 6.54 Å². The van der Waals surface area contributed by atoms with Crippen molar-refractivity contribution in [3.05, 3.63) is 45.6 Å². The maximum absolute atomic E-state index is 12.0. The average Bonchev–Trinajstić information content (AvgIpc) is 2.89. The quantitative estimate of drug-likeness (QED) is 0.797. The lowest BCUT2D eigenvalue weighted by Gasteiger charge is -2.22. The van der Waals surface area contributed by atoms with Gasteiger partial charge in [0.05, 0.1) is 5.54 Å². The lowest BCUT2D eigenvalue weighted by Crippen LogP contribution is -2.31. The Kier molecular flexibility index (Phi) is 4.74. The second-order valence-electron chi connectivity index (χ2n) is 4.61. The van der Waals surface area contributed by atoms with E-state index >= 15 is 0 Å². The van der Waals surface area contributed by atoms with Crippen LogP contribution < -0.4 is 5.32 Å². The summed E-state index contributed by atoms with van der Waals surface area (Å²) in [6, 6.07) is 7.57. The number of nitrogens with one attached hydrogen (secondary N) is 1. The van der Waals surface area contributed by atoms with Crippen molar-refractivity contribution in [3.63, 3.8) is 0 Å². The molecule has 100 valence electrons. The largest absolute Gasteiger partial charge is 0.352 e. The van der Waals surface area contributed by atoms with Crippen molar-refractivity contribution >= 4 is 34.7 Å². The highest BCUT2D eigenvalue weighted by atomic mass is 127. The third kappa shape index (κ3) is 3.65. The molecule has 1 aromatic rings. The molecule has 0 bridgehead atoms. The van der Waals surface area contributed by atoms with Gasteiger partial charge in [0.2, 0.25) is 0 Å². The highest BCUT2D eigenvalue weighted by molar-refractivity contribution is 14.1. The number of hydrogen-bond acceptors (Lipinski definition) is 2. The molecule has 2 rings (SSSR count). The average molecular weight is 368 g/mol. The maximum atomic E-state index is 12.0. The van der Waals surface area contributed by atoms with E-state index in [4.69, 9.17) is 0 Å². The summed E-state index contributed by atoms with van der Waals surface area (Å²) < 4.78 is 1.13. The van der Waals surface area contributed by atoms with Gasteiger partial charge >= 0.3 is 0 Å². The monoisotopic (exact) mass is 368 g/mol. The van der Waals surface area contributed by atoms with E-state index in [1.807, 2.05) is 36.6 Å². The molecule has 1 amide bonds. The minimum atomic E-state index is -0.112. The van der Waals surface area contributed by atoms with Crippen molar-refractivity contribution in [3.8, 4) is 0 Å². The predicted octanol–water partition coefficient (Wildman–Crippen LogP) is 3.20. The summed E-state index contributed by atoms with van der Waals surface area (Å²) in [4.78, 5) is 16.4. The number of allylic oxidation sites excluding steroid dienone is 1. The van der Waals surface area contributed by atoms with Crippen LogP contribution in [0.1, 0.15) is 30.1 Å². The third-order valence-corrected chi connectivity index (χ3v) is 4.11. The fourth-order valence-electron chi connectivity index (χ4n) is 2.09. The Hall–Kier alpha value is -1.17. The van der Waals surface area contributed by atoms with E-state index in [2.05, 4.69) is 45.9 Å². The molecule has 0 saturated heterocycles. The Bertz CT molecular complexity index is 493. The van der Waals surface area contributed by atoms with Crippen molar-refractivity contribution in [1.29, 1.82) is 0 Å². The van der Waals surface area contributed by atoms with E-state index in [1.165, 1.54) is 0 Å². The van der Waals surface area contributed by atoms with E-state index in [-0.39, 0.29) is 11.4 Å². The molecule has 0 saturated carbocycles. The number of benzene rings is 1. The first-order valence-corrected chi connectivity index (χ1v) is 7.50. The molecule has 1 aliphatic rings. The van der Waals surface area contributed by atoms with Gasteiger partial charge in [0, 0.05) is 21.9 Å². The first-order valence-electron chi connectivity index (χ1n) is 6.42. The zero-order valence-corrected chi connectivity index (χ0v) is 13.1. The van der Waals surface area contributed by atoms with Crippen molar-refractivity contribution in [2.24, 2.45) is 4.99 Å². The Labute approximate surface area is 127 Å². The zero-order valence-electron chi connectivity index (χ0n) is 10.9. The molecule has 4 heteroatoms. The van der Waals surface area contributed by atoms with Crippen LogP contribution in [0.3, 0.4) is 0 Å². The Morgan fingerprint density at radius 3 is 2.68 bits per heavy atom. The second kappa shape index (κ2) is 6.32. The number of nitrogens with zero attached hydrogens (tertiary/aromatic N) is 1. The van der Waals surface area contributed by atoms with Crippen LogP contribution in [-0.2, 0) is 0 Å². The number of carbonyl (C=O) groups excluding carboxylic acids is 1. The van der Waals surface area contributed by atoms with Gasteiger partial charge in [-0.15, -0.1) is 0 Å². The first kappa shape index (κ1) is 14.2. The Morgan fingerprint density at radius 2 is 2.11 bits per heavy atom. The molecule has 1 aliphatic heterocycles. The Balaban J connectivity index is 1.86. The van der Waals surface area contributed by atoms with E-state index in [0.29, 0.717) is 12.1 Å². The molecule has 0 fully saturated rings. The van der Waals surface area contributed by atoms with Gasteiger partial charge in [-0.25, -0.2) is 0 Å². The summed E-state index contributed by atoms with van der Waals surface area (Å²) in [5, 5.41) is 2.96. The summed E-state index contributed by atoms with van der Waals surface area (Å²) in [6.45, 7) is 2.76. The molecule has 0 spiro atoms. The van der Waals surface area contributed by atoms with E-state index < -0.39 is 0 Å². The van der Waals surface area contributed by atoms with Gasteiger partial charge in [0.25, 0.3) is 5.91 Å². The summed E-state index contributed by atoms with van der Waals surface area (Å²) in [7, 11) is 0. The number of amides is 1. The van der Waals surface area contributed by atoms with Crippen LogP contribution in [0.5, 0.6) is 0 Å². The highest BCUT2D eigenvalue weighted by Crippen LogP contribution is 2.24. The summed E-state index contributed by atoms with van der Waals surface area (Å²) in [6.07, 6.45) is 7.73. The number of hydrogen-bond donors (Lipinski definition) is 1. The number of aliphatic imine (C=N–C) groups is 1. The summed E-state index contributed by atoms with van der Waals surface area (Å²) >= 11 is 2.23. The standard InChI is InChI=1S/C15H17IN2O/c1-2-15(8-3-10-18-15)9-11-17-14(19)12-4-6-13(16)7-5-12/h3-8,10H,2,9,11H2,1H3,(H,17,19). The minimum absolute atomic E-state index is 0.0198. The molecule has 0 aromatic heterocycles. The van der Waals surface area contributed by atoms with E-state index in [0.717, 1.165) is 16.4 Å². The van der Waals surface area contributed by atoms with Gasteiger partial charge in [-0.2, -0.15) is 0 Å². The topological polar surface area (TPSA) is 41.5 Å². The molecule has 1 aromatic carbocycles. The Morgan fingerprint density at radius 1 is 1.37 bits per heavy atom. The van der Waals surface area contributed by atoms with Crippen molar-refractivity contribution in [1.82, 2.24) is 5.32 Å². The fourth-order valence-corrected chi connectivity index (χ4v) is 2.45. The van der Waals surface area contributed by atoms with Gasteiger partial charge in [0.15, 0.2) is 0 Å². The molecule has 1 N–H and O–H groups in total. The van der Waals surface area contributed by atoms with Crippen LogP contribution in [0.25, 0.3) is 0 Å².